The van der Waals surface area contributed by atoms with Gasteiger partial charge in [0.1, 0.15) is 0 Å². The summed E-state index contributed by atoms with van der Waals surface area (Å²) in [6.45, 7) is 7.55. The molecule has 3 N–H and O–H groups in total. The molecule has 4 nitrogen and oxygen atoms in total. The third kappa shape index (κ3) is 3.19. The molecule has 0 radical (unpaired) electrons. The average molecular weight is 261 g/mol. The van der Waals surface area contributed by atoms with Crippen molar-refractivity contribution >= 4 is 11.5 Å². The Kier molecular flexibility index (Phi) is 3.98. The van der Waals surface area contributed by atoms with Crippen molar-refractivity contribution in [3.63, 3.8) is 0 Å². The van der Waals surface area contributed by atoms with E-state index < -0.39 is 0 Å². The molecule has 0 atom stereocenters. The average Bonchev–Trinajstić information content (AvgIpc) is 3.18. The molecule has 1 aliphatic rings. The van der Waals surface area contributed by atoms with Gasteiger partial charge in [-0.05, 0) is 63.3 Å². The van der Waals surface area contributed by atoms with Gasteiger partial charge in [-0.1, -0.05) is 5.16 Å². The third-order valence-corrected chi connectivity index (χ3v) is 3.70. The van der Waals surface area contributed by atoms with E-state index in [1.807, 2.05) is 13.0 Å². The Labute approximate surface area is 114 Å². The van der Waals surface area contributed by atoms with Gasteiger partial charge in [0.25, 0.3) is 0 Å². The van der Waals surface area contributed by atoms with Gasteiger partial charge in [0, 0.05) is 23.8 Å². The highest BCUT2D eigenvalue weighted by Crippen LogP contribution is 2.32. The lowest BCUT2D eigenvalue weighted by Gasteiger charge is -2.29. The summed E-state index contributed by atoms with van der Waals surface area (Å²) in [5.74, 6) is 1.02. The molecule has 0 saturated heterocycles. The Balaban J connectivity index is 2.25. The van der Waals surface area contributed by atoms with Crippen molar-refractivity contribution in [1.29, 1.82) is 0 Å². The zero-order valence-corrected chi connectivity index (χ0v) is 11.9. The molecule has 0 amide bonds. The van der Waals surface area contributed by atoms with Gasteiger partial charge in [-0.15, -0.1) is 0 Å². The number of hydrogen-bond acceptors (Lipinski definition) is 3. The third-order valence-electron chi connectivity index (χ3n) is 3.70. The first-order valence-corrected chi connectivity index (χ1v) is 6.88. The normalized spacial score (nSPS) is 15.9. The van der Waals surface area contributed by atoms with Crippen LogP contribution in [0.15, 0.2) is 23.4 Å². The molecule has 4 heteroatoms. The second kappa shape index (κ2) is 5.51. The van der Waals surface area contributed by atoms with Crippen LogP contribution in [0.2, 0.25) is 0 Å². The van der Waals surface area contributed by atoms with Gasteiger partial charge in [0.15, 0.2) is 5.84 Å². The minimum Gasteiger partial charge on any atom is -0.409 e. The smallest absolute Gasteiger partial charge is 0.170 e. The summed E-state index contributed by atoms with van der Waals surface area (Å²) in [6, 6.07) is 6.59. The zero-order chi connectivity index (χ0) is 14.0. The monoisotopic (exact) mass is 261 g/mol. The van der Waals surface area contributed by atoms with Crippen LogP contribution >= 0.6 is 0 Å². The number of nitrogens with zero attached hydrogens (tertiary/aromatic N) is 2. The van der Waals surface area contributed by atoms with E-state index in [0.29, 0.717) is 6.04 Å². The Hall–Kier alpha value is -1.71. The summed E-state index contributed by atoms with van der Waals surface area (Å²) in [7, 11) is 0. The highest BCUT2D eigenvalue weighted by atomic mass is 16.4. The summed E-state index contributed by atoms with van der Waals surface area (Å²) in [4.78, 5) is 2.43. The number of amidine groups is 1. The van der Waals surface area contributed by atoms with Crippen LogP contribution in [0, 0.1) is 12.8 Å². The fourth-order valence-electron chi connectivity index (χ4n) is 2.36. The lowest BCUT2D eigenvalue weighted by atomic mass is 10.1. The lowest BCUT2D eigenvalue weighted by Crippen LogP contribution is -2.32. The largest absolute Gasteiger partial charge is 0.409 e. The zero-order valence-electron chi connectivity index (χ0n) is 11.9. The highest BCUT2D eigenvalue weighted by Gasteiger charge is 2.25. The molecule has 0 spiro atoms. The van der Waals surface area contributed by atoms with Crippen LogP contribution in [-0.2, 0) is 0 Å². The molecule has 0 bridgehead atoms. The summed E-state index contributed by atoms with van der Waals surface area (Å²) in [6.07, 6.45) is 2.70. The molecule has 0 aromatic heterocycles. The van der Waals surface area contributed by atoms with Gasteiger partial charge in [-0.3, -0.25) is 0 Å². The number of anilines is 1. The van der Waals surface area contributed by atoms with Crippen LogP contribution in [0.3, 0.4) is 0 Å². The van der Waals surface area contributed by atoms with Crippen molar-refractivity contribution < 1.29 is 5.21 Å². The number of rotatable bonds is 5. The fourth-order valence-corrected chi connectivity index (χ4v) is 2.36. The maximum Gasteiger partial charge on any atom is 0.170 e. The fraction of sp³-hybridized carbons (Fsp3) is 0.533. The predicted octanol–water partition coefficient (Wildman–Crippen LogP) is 2.71. The molecule has 1 saturated carbocycles. The topological polar surface area (TPSA) is 61.8 Å². The standard InChI is InChI=1S/C15H23N3O/c1-10(2)18(9-12-4-5-12)13-6-7-14(11(3)8-13)15(16)17-19/h6-8,10,12,19H,4-5,9H2,1-3H3,(H2,16,17). The number of nitrogens with two attached hydrogens (primary N) is 1. The maximum absolute atomic E-state index is 8.76. The van der Waals surface area contributed by atoms with Crippen LogP contribution in [0.25, 0.3) is 0 Å². The number of oxime groups is 1. The van der Waals surface area contributed by atoms with E-state index in [2.05, 4.69) is 36.0 Å². The second-order valence-corrected chi connectivity index (χ2v) is 5.67. The minimum absolute atomic E-state index is 0.169. The van der Waals surface area contributed by atoms with Crippen LogP contribution < -0.4 is 10.6 Å². The molecular weight excluding hydrogens is 238 g/mol. The van der Waals surface area contributed by atoms with Gasteiger partial charge in [0.05, 0.1) is 0 Å². The lowest BCUT2D eigenvalue weighted by molar-refractivity contribution is 0.318. The first-order valence-electron chi connectivity index (χ1n) is 6.88. The molecule has 1 aliphatic carbocycles. The Morgan fingerprint density at radius 1 is 1.47 bits per heavy atom. The number of benzene rings is 1. The van der Waals surface area contributed by atoms with E-state index in [1.54, 1.807) is 0 Å². The molecule has 1 fully saturated rings. The van der Waals surface area contributed by atoms with Gasteiger partial charge in [-0.2, -0.15) is 0 Å². The Morgan fingerprint density at radius 3 is 2.63 bits per heavy atom. The van der Waals surface area contributed by atoms with Crippen LogP contribution in [-0.4, -0.2) is 23.6 Å². The SMILES string of the molecule is Cc1cc(N(CC2CC2)C(C)C)ccc1/C(N)=N/O. The number of aryl methyl sites for hydroxylation is 1. The number of hydrogen-bond donors (Lipinski definition) is 2. The maximum atomic E-state index is 8.76. The van der Waals surface area contributed by atoms with Crippen molar-refractivity contribution in [3.05, 3.63) is 29.3 Å². The van der Waals surface area contributed by atoms with Crippen LogP contribution in [0.1, 0.15) is 37.8 Å². The van der Waals surface area contributed by atoms with E-state index in [0.717, 1.165) is 23.6 Å². The van der Waals surface area contributed by atoms with Gasteiger partial charge < -0.3 is 15.8 Å². The molecule has 2 rings (SSSR count). The Bertz CT molecular complexity index is 478. The molecule has 1 aromatic carbocycles. The molecular formula is C15H23N3O. The second-order valence-electron chi connectivity index (χ2n) is 5.67. The Morgan fingerprint density at radius 2 is 2.16 bits per heavy atom. The van der Waals surface area contributed by atoms with E-state index >= 15 is 0 Å². The van der Waals surface area contributed by atoms with E-state index in [-0.39, 0.29) is 5.84 Å². The van der Waals surface area contributed by atoms with Crippen LogP contribution in [0.5, 0.6) is 0 Å². The van der Waals surface area contributed by atoms with Gasteiger partial charge in [-0.25, -0.2) is 0 Å². The van der Waals surface area contributed by atoms with E-state index in [4.69, 9.17) is 10.9 Å². The van der Waals surface area contributed by atoms with Crippen molar-refractivity contribution in [2.45, 2.75) is 39.7 Å². The molecule has 0 unspecified atom stereocenters. The van der Waals surface area contributed by atoms with Crippen molar-refractivity contribution in [1.82, 2.24) is 0 Å². The van der Waals surface area contributed by atoms with Crippen molar-refractivity contribution in [3.8, 4) is 0 Å². The van der Waals surface area contributed by atoms with Gasteiger partial charge in [0.2, 0.25) is 0 Å². The first-order chi connectivity index (χ1) is 9.02. The van der Waals surface area contributed by atoms with E-state index in [9.17, 15) is 0 Å². The van der Waals surface area contributed by atoms with Crippen molar-refractivity contribution in [2.75, 3.05) is 11.4 Å². The van der Waals surface area contributed by atoms with Gasteiger partial charge >= 0.3 is 0 Å². The summed E-state index contributed by atoms with van der Waals surface area (Å²) < 4.78 is 0. The minimum atomic E-state index is 0.169. The molecule has 19 heavy (non-hydrogen) atoms. The summed E-state index contributed by atoms with van der Waals surface area (Å²) in [5, 5.41) is 11.8. The molecule has 0 heterocycles. The molecule has 0 aliphatic heterocycles. The highest BCUT2D eigenvalue weighted by molar-refractivity contribution is 5.98. The molecule has 104 valence electrons. The summed E-state index contributed by atoms with van der Waals surface area (Å²) >= 11 is 0. The predicted molar refractivity (Wildman–Crippen MR) is 78.9 cm³/mol. The van der Waals surface area contributed by atoms with Crippen LogP contribution in [0.4, 0.5) is 5.69 Å². The van der Waals surface area contributed by atoms with Crippen molar-refractivity contribution in [2.24, 2.45) is 16.8 Å². The van der Waals surface area contributed by atoms with E-state index in [1.165, 1.54) is 18.5 Å². The molecule has 1 aromatic rings. The quantitative estimate of drug-likeness (QED) is 0.371. The summed E-state index contributed by atoms with van der Waals surface area (Å²) in [5.41, 5.74) is 8.70. The first kappa shape index (κ1) is 13.7.